The molecule has 2 N–H and O–H groups in total. The van der Waals surface area contributed by atoms with Crippen molar-refractivity contribution >= 4 is 28.4 Å². The van der Waals surface area contributed by atoms with Crippen LogP contribution < -0.4 is 15.2 Å². The minimum absolute atomic E-state index is 0.366. The van der Waals surface area contributed by atoms with Gasteiger partial charge in [-0.25, -0.2) is 0 Å². The lowest BCUT2D eigenvalue weighted by atomic mass is 10.1. The number of nitrogen functional groups attached to an aromatic ring is 1. The van der Waals surface area contributed by atoms with Crippen LogP contribution in [0.2, 0.25) is 0 Å². The minimum atomic E-state index is 0.366. The fourth-order valence-corrected chi connectivity index (χ4v) is 2.01. The van der Waals surface area contributed by atoms with Gasteiger partial charge >= 0.3 is 0 Å². The Bertz CT molecular complexity index is 540. The van der Waals surface area contributed by atoms with E-state index in [1.54, 1.807) is 14.2 Å². The molecule has 1 heterocycles. The fraction of sp³-hybridized carbons (Fsp3) is 0.182. The van der Waals surface area contributed by atoms with Gasteiger partial charge in [-0.05, 0) is 34.7 Å². The Labute approximate surface area is 112 Å². The first-order valence-corrected chi connectivity index (χ1v) is 5.89. The second-order valence-corrected chi connectivity index (χ2v) is 4.33. The maximum absolute atomic E-state index is 5.66. The molecule has 1 aromatic heterocycles. The smallest absolute Gasteiger partial charge is 0.186 e. The summed E-state index contributed by atoms with van der Waals surface area (Å²) in [6.45, 7) is 0. The molecule has 6 heteroatoms. The molecule has 0 fully saturated rings. The summed E-state index contributed by atoms with van der Waals surface area (Å²) in [5.74, 6) is 2.18. The zero-order valence-electron chi connectivity index (χ0n) is 9.36. The van der Waals surface area contributed by atoms with Gasteiger partial charge in [0.25, 0.3) is 0 Å². The van der Waals surface area contributed by atoms with Gasteiger partial charge in [0, 0.05) is 0 Å². The number of methoxy groups -OCH3 is 2. The van der Waals surface area contributed by atoms with Gasteiger partial charge in [0.1, 0.15) is 3.57 Å². The van der Waals surface area contributed by atoms with Crippen molar-refractivity contribution in [2.75, 3.05) is 20.0 Å². The molecule has 90 valence electrons. The van der Waals surface area contributed by atoms with E-state index in [4.69, 9.17) is 19.7 Å². The molecular formula is C11H11IN2O3. The molecule has 0 saturated heterocycles. The van der Waals surface area contributed by atoms with Gasteiger partial charge < -0.3 is 19.7 Å². The number of nitrogens with zero attached hydrogens (tertiary/aromatic N) is 1. The summed E-state index contributed by atoms with van der Waals surface area (Å²) in [5, 5.41) is 3.72. The number of anilines is 1. The summed E-state index contributed by atoms with van der Waals surface area (Å²) >= 11 is 2.08. The molecule has 0 bridgehead atoms. The molecule has 0 aliphatic carbocycles. The molecule has 1 aromatic carbocycles. The molecule has 2 rings (SSSR count). The Balaban J connectivity index is 2.63. The molecule has 0 amide bonds. The topological polar surface area (TPSA) is 70.5 Å². The molecule has 2 aromatic rings. The van der Waals surface area contributed by atoms with Gasteiger partial charge in [0.2, 0.25) is 0 Å². The average Bonchev–Trinajstić information content (AvgIpc) is 2.69. The number of para-hydroxylation sites is 1. The third-order valence-corrected chi connectivity index (χ3v) is 3.35. The Morgan fingerprint density at radius 3 is 2.59 bits per heavy atom. The van der Waals surface area contributed by atoms with Gasteiger partial charge in [-0.15, -0.1) is 0 Å². The van der Waals surface area contributed by atoms with Crippen LogP contribution in [-0.2, 0) is 0 Å². The monoisotopic (exact) mass is 346 g/mol. The van der Waals surface area contributed by atoms with E-state index < -0.39 is 0 Å². The Hall–Kier alpha value is -1.44. The van der Waals surface area contributed by atoms with Crippen LogP contribution in [-0.4, -0.2) is 19.4 Å². The quantitative estimate of drug-likeness (QED) is 0.865. The molecule has 0 aliphatic heterocycles. The summed E-state index contributed by atoms with van der Waals surface area (Å²) < 4.78 is 16.5. The van der Waals surface area contributed by atoms with Crippen molar-refractivity contribution < 1.29 is 14.0 Å². The van der Waals surface area contributed by atoms with Crippen LogP contribution in [0.4, 0.5) is 5.82 Å². The molecular weight excluding hydrogens is 335 g/mol. The van der Waals surface area contributed by atoms with Crippen LogP contribution in [0.1, 0.15) is 0 Å². The van der Waals surface area contributed by atoms with Crippen molar-refractivity contribution in [2.45, 2.75) is 0 Å². The van der Waals surface area contributed by atoms with Gasteiger partial charge in [-0.2, -0.15) is 0 Å². The van der Waals surface area contributed by atoms with E-state index in [2.05, 4.69) is 27.7 Å². The second kappa shape index (κ2) is 4.82. The number of halogens is 1. The molecule has 0 atom stereocenters. The molecule has 17 heavy (non-hydrogen) atoms. The number of benzene rings is 1. The first-order valence-electron chi connectivity index (χ1n) is 4.81. The fourth-order valence-electron chi connectivity index (χ4n) is 1.52. The van der Waals surface area contributed by atoms with Crippen LogP contribution in [0.3, 0.4) is 0 Å². The van der Waals surface area contributed by atoms with E-state index in [9.17, 15) is 0 Å². The summed E-state index contributed by atoms with van der Waals surface area (Å²) in [4.78, 5) is 0. The zero-order valence-corrected chi connectivity index (χ0v) is 11.5. The molecule has 0 aliphatic rings. The highest BCUT2D eigenvalue weighted by Crippen LogP contribution is 2.40. The van der Waals surface area contributed by atoms with Gasteiger partial charge in [0.15, 0.2) is 23.1 Å². The number of aromatic nitrogens is 1. The maximum Gasteiger partial charge on any atom is 0.186 e. The van der Waals surface area contributed by atoms with Crippen molar-refractivity contribution in [1.82, 2.24) is 5.16 Å². The predicted molar refractivity (Wildman–Crippen MR) is 72.2 cm³/mol. The largest absolute Gasteiger partial charge is 0.493 e. The van der Waals surface area contributed by atoms with E-state index in [0.717, 1.165) is 9.13 Å². The van der Waals surface area contributed by atoms with Crippen LogP contribution in [0.15, 0.2) is 22.7 Å². The highest BCUT2D eigenvalue weighted by molar-refractivity contribution is 14.1. The molecule has 0 saturated carbocycles. The highest BCUT2D eigenvalue weighted by Gasteiger charge is 2.19. The second-order valence-electron chi connectivity index (χ2n) is 3.25. The third-order valence-electron chi connectivity index (χ3n) is 2.31. The highest BCUT2D eigenvalue weighted by atomic mass is 127. The number of hydrogen-bond donors (Lipinski definition) is 1. The lowest BCUT2D eigenvalue weighted by Gasteiger charge is -2.10. The lowest BCUT2D eigenvalue weighted by Crippen LogP contribution is -1.93. The van der Waals surface area contributed by atoms with Crippen LogP contribution in [0.5, 0.6) is 11.5 Å². The first-order chi connectivity index (χ1) is 8.19. The minimum Gasteiger partial charge on any atom is -0.493 e. The lowest BCUT2D eigenvalue weighted by molar-refractivity contribution is 0.354. The van der Waals surface area contributed by atoms with E-state index in [-0.39, 0.29) is 0 Å². The molecule has 0 spiro atoms. The van der Waals surface area contributed by atoms with E-state index >= 15 is 0 Å². The van der Waals surface area contributed by atoms with E-state index in [1.807, 2.05) is 18.2 Å². The SMILES string of the molecule is COc1cccc(-c2onc(N)c2I)c1OC. The Kier molecular flexibility index (Phi) is 3.41. The molecule has 0 unspecified atom stereocenters. The average molecular weight is 346 g/mol. The standard InChI is InChI=1S/C11H11IN2O3/c1-15-7-5-3-4-6(9(7)16-2)10-8(12)11(13)14-17-10/h3-5H,1-2H3,(H2,13,14). The van der Waals surface area contributed by atoms with Crippen LogP contribution in [0, 0.1) is 3.57 Å². The Morgan fingerprint density at radius 2 is 2.06 bits per heavy atom. The van der Waals surface area contributed by atoms with Crippen molar-refractivity contribution in [1.29, 1.82) is 0 Å². The maximum atomic E-state index is 5.66. The number of hydrogen-bond acceptors (Lipinski definition) is 5. The van der Waals surface area contributed by atoms with E-state index in [0.29, 0.717) is 23.1 Å². The predicted octanol–water partition coefficient (Wildman–Crippen LogP) is 2.55. The number of rotatable bonds is 3. The summed E-state index contributed by atoms with van der Waals surface area (Å²) in [7, 11) is 3.16. The van der Waals surface area contributed by atoms with Gasteiger partial charge in [-0.3, -0.25) is 0 Å². The van der Waals surface area contributed by atoms with Crippen molar-refractivity contribution in [3.63, 3.8) is 0 Å². The normalized spacial score (nSPS) is 10.3. The van der Waals surface area contributed by atoms with Crippen LogP contribution in [0.25, 0.3) is 11.3 Å². The zero-order chi connectivity index (χ0) is 12.4. The van der Waals surface area contributed by atoms with Crippen LogP contribution >= 0.6 is 22.6 Å². The summed E-state index contributed by atoms with van der Waals surface area (Å²) in [5.41, 5.74) is 6.42. The summed E-state index contributed by atoms with van der Waals surface area (Å²) in [6, 6.07) is 5.53. The summed E-state index contributed by atoms with van der Waals surface area (Å²) in [6.07, 6.45) is 0. The Morgan fingerprint density at radius 1 is 1.29 bits per heavy atom. The van der Waals surface area contributed by atoms with Crippen molar-refractivity contribution in [3.05, 3.63) is 21.8 Å². The van der Waals surface area contributed by atoms with Crippen molar-refractivity contribution in [2.24, 2.45) is 0 Å². The van der Waals surface area contributed by atoms with Gasteiger partial charge in [0.05, 0.1) is 19.8 Å². The third kappa shape index (κ3) is 2.04. The van der Waals surface area contributed by atoms with Crippen molar-refractivity contribution in [3.8, 4) is 22.8 Å². The molecule has 5 nitrogen and oxygen atoms in total. The molecule has 0 radical (unpaired) electrons. The van der Waals surface area contributed by atoms with E-state index in [1.165, 1.54) is 0 Å². The number of nitrogens with two attached hydrogens (primary N) is 1. The van der Waals surface area contributed by atoms with Gasteiger partial charge in [-0.1, -0.05) is 11.2 Å². The number of ether oxygens (including phenoxy) is 2. The first kappa shape index (κ1) is 12.0.